The van der Waals surface area contributed by atoms with E-state index in [0.29, 0.717) is 0 Å². The minimum atomic E-state index is 0.0231. The third-order valence-electron chi connectivity index (χ3n) is 2.82. The summed E-state index contributed by atoms with van der Waals surface area (Å²) in [5.41, 5.74) is 2.19. The lowest BCUT2D eigenvalue weighted by Gasteiger charge is -2.16. The molecule has 0 aliphatic rings. The summed E-state index contributed by atoms with van der Waals surface area (Å²) in [5.74, 6) is 0.0231. The fraction of sp³-hybridized carbons (Fsp3) is 0.214. The molecule has 18 heavy (non-hydrogen) atoms. The molecule has 1 amide bonds. The summed E-state index contributed by atoms with van der Waals surface area (Å²) in [4.78, 5) is 14.6. The zero-order valence-electron chi connectivity index (χ0n) is 10.3. The van der Waals surface area contributed by atoms with Crippen molar-refractivity contribution in [1.29, 1.82) is 0 Å². The molecule has 2 aromatic rings. The van der Waals surface area contributed by atoms with E-state index < -0.39 is 0 Å². The molecule has 0 saturated carbocycles. The molecule has 0 aliphatic heterocycles. The molecule has 0 unspecified atom stereocenters. The number of amides is 1. The van der Waals surface area contributed by atoms with Gasteiger partial charge in [-0.3, -0.25) is 4.79 Å². The van der Waals surface area contributed by atoms with Gasteiger partial charge in [-0.1, -0.05) is 19.1 Å². The summed E-state index contributed by atoms with van der Waals surface area (Å²) in [6, 6.07) is 11.8. The predicted octanol–water partition coefficient (Wildman–Crippen LogP) is 4.35. The second-order valence-electron chi connectivity index (χ2n) is 3.99. The molecular weight excluding hydrogens is 310 g/mol. The lowest BCUT2D eigenvalue weighted by molar-refractivity contribution is 0.0997. The van der Waals surface area contributed by atoms with Gasteiger partial charge in [-0.05, 0) is 52.2 Å². The normalized spacial score (nSPS) is 10.4. The van der Waals surface area contributed by atoms with Crippen LogP contribution in [-0.2, 0) is 6.42 Å². The third kappa shape index (κ3) is 2.82. The molecule has 0 aliphatic carbocycles. The van der Waals surface area contributed by atoms with Crippen LogP contribution >= 0.6 is 27.3 Å². The second-order valence-corrected chi connectivity index (χ2v) is 6.45. The van der Waals surface area contributed by atoms with Gasteiger partial charge in [0.25, 0.3) is 5.91 Å². The summed E-state index contributed by atoms with van der Waals surface area (Å²) < 4.78 is 0.973. The first-order chi connectivity index (χ1) is 8.61. The van der Waals surface area contributed by atoms with Crippen molar-refractivity contribution in [3.8, 4) is 0 Å². The maximum absolute atomic E-state index is 12.2. The van der Waals surface area contributed by atoms with Gasteiger partial charge in [0.1, 0.15) is 0 Å². The van der Waals surface area contributed by atoms with E-state index in [-0.39, 0.29) is 5.91 Å². The number of rotatable bonds is 3. The van der Waals surface area contributed by atoms with Crippen molar-refractivity contribution in [3.63, 3.8) is 0 Å². The van der Waals surface area contributed by atoms with Gasteiger partial charge < -0.3 is 4.90 Å². The molecule has 1 heterocycles. The van der Waals surface area contributed by atoms with Crippen LogP contribution in [0.4, 0.5) is 5.69 Å². The highest BCUT2D eigenvalue weighted by Gasteiger charge is 2.15. The van der Waals surface area contributed by atoms with Crippen molar-refractivity contribution in [2.24, 2.45) is 0 Å². The van der Waals surface area contributed by atoms with E-state index in [0.717, 1.165) is 20.8 Å². The first-order valence-corrected chi connectivity index (χ1v) is 7.35. The Morgan fingerprint density at radius 1 is 1.22 bits per heavy atom. The van der Waals surface area contributed by atoms with E-state index in [9.17, 15) is 4.79 Å². The van der Waals surface area contributed by atoms with Crippen LogP contribution in [0.3, 0.4) is 0 Å². The van der Waals surface area contributed by atoms with Crippen LogP contribution in [0.5, 0.6) is 0 Å². The maximum Gasteiger partial charge on any atom is 0.268 e. The van der Waals surface area contributed by atoms with Crippen LogP contribution in [0.25, 0.3) is 0 Å². The van der Waals surface area contributed by atoms with Gasteiger partial charge in [-0.25, -0.2) is 0 Å². The fourth-order valence-corrected chi connectivity index (χ4v) is 3.03. The average Bonchev–Trinajstić information content (AvgIpc) is 2.84. The Bertz CT molecular complexity index is 547. The Balaban J connectivity index is 2.19. The molecule has 94 valence electrons. The van der Waals surface area contributed by atoms with Crippen LogP contribution in [0.15, 0.2) is 40.2 Å². The van der Waals surface area contributed by atoms with Gasteiger partial charge in [0.15, 0.2) is 0 Å². The molecule has 2 rings (SSSR count). The Morgan fingerprint density at radius 3 is 2.39 bits per heavy atom. The molecule has 0 spiro atoms. The molecule has 0 N–H and O–H groups in total. The van der Waals surface area contributed by atoms with E-state index >= 15 is 0 Å². The number of carbonyl (C=O) groups is 1. The van der Waals surface area contributed by atoms with Crippen LogP contribution in [0.2, 0.25) is 0 Å². The van der Waals surface area contributed by atoms with Crippen LogP contribution < -0.4 is 4.90 Å². The van der Waals surface area contributed by atoms with Gasteiger partial charge in [-0.2, -0.15) is 0 Å². The van der Waals surface area contributed by atoms with Crippen molar-refractivity contribution < 1.29 is 4.79 Å². The third-order valence-corrected chi connectivity index (χ3v) is 4.43. The first kappa shape index (κ1) is 13.3. The quantitative estimate of drug-likeness (QED) is 0.822. The summed E-state index contributed by atoms with van der Waals surface area (Å²) in [7, 11) is 1.80. The topological polar surface area (TPSA) is 20.3 Å². The minimum Gasteiger partial charge on any atom is -0.311 e. The number of nitrogens with zero attached hydrogens (tertiary/aromatic N) is 1. The number of thiophene rings is 1. The van der Waals surface area contributed by atoms with Crippen molar-refractivity contribution >= 4 is 38.9 Å². The summed E-state index contributed by atoms with van der Waals surface area (Å²) in [6.45, 7) is 2.12. The van der Waals surface area contributed by atoms with Gasteiger partial charge in [-0.15, -0.1) is 11.3 Å². The zero-order chi connectivity index (χ0) is 13.1. The van der Waals surface area contributed by atoms with Crippen LogP contribution in [0, 0.1) is 0 Å². The number of aryl methyl sites for hydroxylation is 1. The molecule has 0 radical (unpaired) electrons. The average molecular weight is 324 g/mol. The predicted molar refractivity (Wildman–Crippen MR) is 80.6 cm³/mol. The second kappa shape index (κ2) is 5.67. The van der Waals surface area contributed by atoms with Gasteiger partial charge in [0.05, 0.1) is 8.66 Å². The smallest absolute Gasteiger partial charge is 0.268 e. The first-order valence-electron chi connectivity index (χ1n) is 5.74. The van der Waals surface area contributed by atoms with Crippen LogP contribution in [0.1, 0.15) is 22.2 Å². The van der Waals surface area contributed by atoms with Gasteiger partial charge >= 0.3 is 0 Å². The highest BCUT2D eigenvalue weighted by molar-refractivity contribution is 9.11. The fourth-order valence-electron chi connectivity index (χ4n) is 1.67. The zero-order valence-corrected chi connectivity index (χ0v) is 12.7. The lowest BCUT2D eigenvalue weighted by Crippen LogP contribution is -2.25. The number of benzene rings is 1. The van der Waals surface area contributed by atoms with Crippen molar-refractivity contribution in [2.45, 2.75) is 13.3 Å². The summed E-state index contributed by atoms with van der Waals surface area (Å²) >= 11 is 4.82. The lowest BCUT2D eigenvalue weighted by atomic mass is 10.1. The van der Waals surface area contributed by atoms with E-state index in [1.54, 1.807) is 11.9 Å². The Hall–Kier alpha value is -1.13. The van der Waals surface area contributed by atoms with Crippen molar-refractivity contribution in [3.05, 3.63) is 50.6 Å². The molecule has 1 aromatic heterocycles. The molecule has 0 atom stereocenters. The number of carbonyl (C=O) groups excluding carboxylic acids is 1. The monoisotopic (exact) mass is 323 g/mol. The Kier molecular flexibility index (Phi) is 4.19. The minimum absolute atomic E-state index is 0.0231. The van der Waals surface area contributed by atoms with Gasteiger partial charge in [0.2, 0.25) is 0 Å². The van der Waals surface area contributed by atoms with Crippen molar-refractivity contribution in [2.75, 3.05) is 11.9 Å². The molecule has 0 bridgehead atoms. The summed E-state index contributed by atoms with van der Waals surface area (Å²) in [6.07, 6.45) is 1.01. The SMILES string of the molecule is CCc1ccc(N(C)C(=O)c2ccc(Br)s2)cc1. The maximum atomic E-state index is 12.2. The van der Waals surface area contributed by atoms with E-state index in [2.05, 4.69) is 35.0 Å². The number of anilines is 1. The highest BCUT2D eigenvalue weighted by Crippen LogP contribution is 2.25. The van der Waals surface area contributed by atoms with Gasteiger partial charge in [0, 0.05) is 12.7 Å². The number of halogens is 1. The molecule has 1 aromatic carbocycles. The van der Waals surface area contributed by atoms with E-state index in [4.69, 9.17) is 0 Å². The molecule has 4 heteroatoms. The molecule has 2 nitrogen and oxygen atoms in total. The Labute approximate surface area is 119 Å². The standard InChI is InChI=1S/C14H14BrNOS/c1-3-10-4-6-11(7-5-10)16(2)14(17)12-8-9-13(15)18-12/h4-9H,3H2,1-2H3. The van der Waals surface area contributed by atoms with E-state index in [1.807, 2.05) is 24.3 Å². The van der Waals surface area contributed by atoms with Crippen molar-refractivity contribution in [1.82, 2.24) is 0 Å². The van der Waals surface area contributed by atoms with E-state index in [1.165, 1.54) is 16.9 Å². The molecule has 0 saturated heterocycles. The molecule has 0 fully saturated rings. The van der Waals surface area contributed by atoms with Crippen LogP contribution in [-0.4, -0.2) is 13.0 Å². The Morgan fingerprint density at radius 2 is 1.89 bits per heavy atom. The molecular formula is C14H14BrNOS. The number of hydrogen-bond acceptors (Lipinski definition) is 2. The number of hydrogen-bond donors (Lipinski definition) is 0. The highest BCUT2D eigenvalue weighted by atomic mass is 79.9. The summed E-state index contributed by atoms with van der Waals surface area (Å²) in [5, 5.41) is 0. The largest absolute Gasteiger partial charge is 0.311 e.